The van der Waals surface area contributed by atoms with Crippen LogP contribution in [-0.2, 0) is 9.53 Å². The summed E-state index contributed by atoms with van der Waals surface area (Å²) in [5, 5.41) is 1.16. The number of esters is 1. The Morgan fingerprint density at radius 1 is 1.26 bits per heavy atom. The first kappa shape index (κ1) is 12.2. The molecule has 0 spiro atoms. The van der Waals surface area contributed by atoms with Crippen LogP contribution in [0.15, 0.2) is 36.4 Å². The van der Waals surface area contributed by atoms with Crippen LogP contribution < -0.4 is 0 Å². The molecule has 1 aliphatic carbocycles. The van der Waals surface area contributed by atoms with Gasteiger partial charge in [-0.25, -0.2) is 0 Å². The Hall–Kier alpha value is -1.90. The number of rotatable bonds is 3. The molecule has 1 saturated carbocycles. The Morgan fingerprint density at radius 2 is 2.05 bits per heavy atom. The summed E-state index contributed by atoms with van der Waals surface area (Å²) < 4.78 is 5.04. The van der Waals surface area contributed by atoms with E-state index in [0.29, 0.717) is 12.5 Å². The molecule has 3 rings (SSSR count). The number of aromatic nitrogens is 1. The highest BCUT2D eigenvalue weighted by Crippen LogP contribution is 2.41. The van der Waals surface area contributed by atoms with E-state index in [1.165, 1.54) is 0 Å². The van der Waals surface area contributed by atoms with Crippen LogP contribution in [0, 0.1) is 5.92 Å². The standard InChI is InChI=1S/C16H17NO2/c1-2-19-16(18)13-9-12(10-13)15-8-7-11-5-3-4-6-14(11)17-15/h3-8,12-13H,2,9-10H2,1H3. The molecule has 1 aromatic heterocycles. The topological polar surface area (TPSA) is 39.2 Å². The minimum Gasteiger partial charge on any atom is -0.466 e. The normalized spacial score (nSPS) is 21.9. The van der Waals surface area contributed by atoms with E-state index in [0.717, 1.165) is 29.4 Å². The summed E-state index contributed by atoms with van der Waals surface area (Å²) in [4.78, 5) is 16.3. The van der Waals surface area contributed by atoms with E-state index in [1.807, 2.05) is 25.1 Å². The maximum absolute atomic E-state index is 11.6. The molecule has 0 atom stereocenters. The molecule has 98 valence electrons. The van der Waals surface area contributed by atoms with E-state index in [-0.39, 0.29) is 11.9 Å². The van der Waals surface area contributed by atoms with Gasteiger partial charge in [0, 0.05) is 17.0 Å². The maximum atomic E-state index is 11.6. The zero-order chi connectivity index (χ0) is 13.2. The van der Waals surface area contributed by atoms with Crippen molar-refractivity contribution in [1.82, 2.24) is 4.98 Å². The number of nitrogens with zero attached hydrogens (tertiary/aromatic N) is 1. The van der Waals surface area contributed by atoms with Crippen LogP contribution in [0.4, 0.5) is 0 Å². The number of pyridine rings is 1. The van der Waals surface area contributed by atoms with Crippen LogP contribution in [0.5, 0.6) is 0 Å². The Balaban J connectivity index is 1.71. The van der Waals surface area contributed by atoms with E-state index >= 15 is 0 Å². The van der Waals surface area contributed by atoms with Gasteiger partial charge in [0.25, 0.3) is 0 Å². The van der Waals surface area contributed by atoms with Gasteiger partial charge in [-0.3, -0.25) is 9.78 Å². The number of para-hydroxylation sites is 1. The molecule has 1 aliphatic rings. The van der Waals surface area contributed by atoms with E-state index < -0.39 is 0 Å². The highest BCUT2D eigenvalue weighted by Gasteiger charge is 2.37. The van der Waals surface area contributed by atoms with Gasteiger partial charge in [-0.05, 0) is 31.9 Å². The Morgan fingerprint density at radius 3 is 2.84 bits per heavy atom. The Labute approximate surface area is 112 Å². The predicted octanol–water partition coefficient (Wildman–Crippen LogP) is 3.29. The second-order valence-electron chi connectivity index (χ2n) is 5.05. The molecule has 0 aliphatic heterocycles. The molecular formula is C16H17NO2. The molecular weight excluding hydrogens is 238 g/mol. The number of hydrogen-bond donors (Lipinski definition) is 0. The van der Waals surface area contributed by atoms with Crippen LogP contribution in [0.2, 0.25) is 0 Å². The number of fused-ring (bicyclic) bond motifs is 1. The molecule has 1 aromatic carbocycles. The third kappa shape index (κ3) is 2.33. The van der Waals surface area contributed by atoms with Gasteiger partial charge in [-0.1, -0.05) is 24.3 Å². The minimum absolute atomic E-state index is 0.0560. The third-order valence-corrected chi connectivity index (χ3v) is 3.80. The molecule has 0 saturated heterocycles. The van der Waals surface area contributed by atoms with Gasteiger partial charge in [-0.2, -0.15) is 0 Å². The van der Waals surface area contributed by atoms with Crippen LogP contribution in [0.25, 0.3) is 10.9 Å². The molecule has 3 heteroatoms. The number of carbonyl (C=O) groups is 1. The van der Waals surface area contributed by atoms with Crippen molar-refractivity contribution < 1.29 is 9.53 Å². The van der Waals surface area contributed by atoms with Crippen LogP contribution >= 0.6 is 0 Å². The first-order chi connectivity index (χ1) is 9.28. The van der Waals surface area contributed by atoms with Gasteiger partial charge in [0.2, 0.25) is 0 Å². The van der Waals surface area contributed by atoms with Crippen molar-refractivity contribution in [3.63, 3.8) is 0 Å². The fourth-order valence-corrected chi connectivity index (χ4v) is 2.62. The summed E-state index contributed by atoms with van der Waals surface area (Å²) in [6, 6.07) is 12.3. The smallest absolute Gasteiger partial charge is 0.308 e. The third-order valence-electron chi connectivity index (χ3n) is 3.80. The van der Waals surface area contributed by atoms with Crippen molar-refractivity contribution in [3.05, 3.63) is 42.1 Å². The number of benzene rings is 1. The summed E-state index contributed by atoms with van der Waals surface area (Å²) in [5.74, 6) is 0.414. The number of hydrogen-bond acceptors (Lipinski definition) is 3. The summed E-state index contributed by atoms with van der Waals surface area (Å²) in [5.41, 5.74) is 2.12. The molecule has 0 radical (unpaired) electrons. The van der Waals surface area contributed by atoms with Crippen molar-refractivity contribution in [2.45, 2.75) is 25.7 Å². The quantitative estimate of drug-likeness (QED) is 0.790. The SMILES string of the molecule is CCOC(=O)C1CC(c2ccc3ccccc3n2)C1. The molecule has 0 bridgehead atoms. The van der Waals surface area contributed by atoms with Gasteiger partial charge in [0.05, 0.1) is 18.0 Å². The fraction of sp³-hybridized carbons (Fsp3) is 0.375. The monoisotopic (exact) mass is 255 g/mol. The zero-order valence-electron chi connectivity index (χ0n) is 11.0. The van der Waals surface area contributed by atoms with E-state index in [2.05, 4.69) is 23.2 Å². The molecule has 3 nitrogen and oxygen atoms in total. The second kappa shape index (κ2) is 5.00. The largest absolute Gasteiger partial charge is 0.466 e. The van der Waals surface area contributed by atoms with Crippen LogP contribution in [-0.4, -0.2) is 17.6 Å². The number of ether oxygens (including phenoxy) is 1. The van der Waals surface area contributed by atoms with Crippen molar-refractivity contribution in [1.29, 1.82) is 0 Å². The molecule has 1 fully saturated rings. The lowest BCUT2D eigenvalue weighted by molar-refractivity contribution is -0.151. The van der Waals surface area contributed by atoms with Gasteiger partial charge < -0.3 is 4.74 Å². The first-order valence-corrected chi connectivity index (χ1v) is 6.80. The van der Waals surface area contributed by atoms with Crippen molar-refractivity contribution >= 4 is 16.9 Å². The van der Waals surface area contributed by atoms with E-state index in [1.54, 1.807) is 0 Å². The minimum atomic E-state index is -0.0560. The zero-order valence-corrected chi connectivity index (χ0v) is 11.0. The van der Waals surface area contributed by atoms with Crippen LogP contribution in [0.1, 0.15) is 31.4 Å². The first-order valence-electron chi connectivity index (χ1n) is 6.80. The van der Waals surface area contributed by atoms with Gasteiger partial charge in [-0.15, -0.1) is 0 Å². The molecule has 0 unspecified atom stereocenters. The predicted molar refractivity (Wildman–Crippen MR) is 73.8 cm³/mol. The lowest BCUT2D eigenvalue weighted by atomic mass is 9.73. The lowest BCUT2D eigenvalue weighted by Gasteiger charge is -2.33. The molecule has 0 N–H and O–H groups in total. The lowest BCUT2D eigenvalue weighted by Crippen LogP contribution is -2.31. The fourth-order valence-electron chi connectivity index (χ4n) is 2.62. The summed E-state index contributed by atoms with van der Waals surface area (Å²) in [6.45, 7) is 2.31. The average molecular weight is 255 g/mol. The summed E-state index contributed by atoms with van der Waals surface area (Å²) in [7, 11) is 0. The average Bonchev–Trinajstić information content (AvgIpc) is 2.37. The van der Waals surface area contributed by atoms with Gasteiger partial charge in [0.15, 0.2) is 0 Å². The number of carbonyl (C=O) groups excluding carboxylic acids is 1. The van der Waals surface area contributed by atoms with Crippen LogP contribution in [0.3, 0.4) is 0 Å². The summed E-state index contributed by atoms with van der Waals surface area (Å²) >= 11 is 0. The summed E-state index contributed by atoms with van der Waals surface area (Å²) in [6.07, 6.45) is 1.73. The molecule has 0 amide bonds. The van der Waals surface area contributed by atoms with E-state index in [4.69, 9.17) is 4.74 Å². The maximum Gasteiger partial charge on any atom is 0.308 e. The highest BCUT2D eigenvalue weighted by molar-refractivity contribution is 5.78. The van der Waals surface area contributed by atoms with Crippen molar-refractivity contribution in [2.75, 3.05) is 6.61 Å². The second-order valence-corrected chi connectivity index (χ2v) is 5.05. The van der Waals surface area contributed by atoms with Gasteiger partial charge in [0.1, 0.15) is 0 Å². The Kier molecular flexibility index (Phi) is 3.20. The van der Waals surface area contributed by atoms with Gasteiger partial charge >= 0.3 is 5.97 Å². The molecule has 19 heavy (non-hydrogen) atoms. The van der Waals surface area contributed by atoms with E-state index in [9.17, 15) is 4.79 Å². The van der Waals surface area contributed by atoms with Crippen molar-refractivity contribution in [3.8, 4) is 0 Å². The Bertz CT molecular complexity index is 602. The molecule has 1 heterocycles. The molecule has 2 aromatic rings. The highest BCUT2D eigenvalue weighted by atomic mass is 16.5. The van der Waals surface area contributed by atoms with Crippen molar-refractivity contribution in [2.24, 2.45) is 5.92 Å².